The van der Waals surface area contributed by atoms with Crippen LogP contribution in [0.15, 0.2) is 47.5 Å². The molecule has 8 heteroatoms. The number of rotatable bonds is 3. The van der Waals surface area contributed by atoms with E-state index < -0.39 is 6.04 Å². The summed E-state index contributed by atoms with van der Waals surface area (Å²) in [7, 11) is 0. The first-order chi connectivity index (χ1) is 12.6. The summed E-state index contributed by atoms with van der Waals surface area (Å²) in [6.45, 7) is 0.388. The van der Waals surface area contributed by atoms with Gasteiger partial charge < -0.3 is 10.5 Å². The first-order valence-corrected chi connectivity index (χ1v) is 8.04. The van der Waals surface area contributed by atoms with Crippen LogP contribution in [0.3, 0.4) is 0 Å². The van der Waals surface area contributed by atoms with Crippen LogP contribution in [0.2, 0.25) is 0 Å². The Kier molecular flexibility index (Phi) is 4.08. The second-order valence-electron chi connectivity index (χ2n) is 5.87. The molecule has 0 saturated heterocycles. The normalized spacial score (nSPS) is 16.8. The van der Waals surface area contributed by atoms with Gasteiger partial charge in [0.1, 0.15) is 11.6 Å². The number of nitrogens with one attached hydrogen (secondary N) is 1. The van der Waals surface area contributed by atoms with Gasteiger partial charge in [0.05, 0.1) is 12.6 Å². The second kappa shape index (κ2) is 6.55. The molecule has 0 aliphatic carbocycles. The van der Waals surface area contributed by atoms with Crippen LogP contribution >= 0.6 is 0 Å². The van der Waals surface area contributed by atoms with Gasteiger partial charge in [-0.25, -0.2) is 18.8 Å². The van der Waals surface area contributed by atoms with Crippen molar-refractivity contribution in [2.45, 2.75) is 12.5 Å². The van der Waals surface area contributed by atoms with Crippen LogP contribution in [0.1, 0.15) is 18.0 Å². The maximum absolute atomic E-state index is 14.3. The molecule has 26 heavy (non-hydrogen) atoms. The topological polar surface area (TPSA) is 89.2 Å². The van der Waals surface area contributed by atoms with Gasteiger partial charge >= 0.3 is 0 Å². The molecule has 132 valence electrons. The summed E-state index contributed by atoms with van der Waals surface area (Å²) in [4.78, 5) is 8.57. The van der Waals surface area contributed by atoms with Gasteiger partial charge in [-0.1, -0.05) is 0 Å². The van der Waals surface area contributed by atoms with Gasteiger partial charge in [-0.15, -0.1) is 0 Å². The van der Waals surface area contributed by atoms with E-state index in [1.54, 1.807) is 24.3 Å². The molecule has 2 heterocycles. The minimum Gasteiger partial charge on any atom is -0.465 e. The molecular formula is C18H15F2N5O. The Bertz CT molecular complexity index is 968. The molecule has 1 aliphatic heterocycles. The van der Waals surface area contributed by atoms with E-state index >= 15 is 0 Å². The molecule has 1 unspecified atom stereocenters. The molecular weight excluding hydrogens is 340 g/mol. The third-order valence-electron chi connectivity index (χ3n) is 4.14. The monoisotopic (exact) mass is 355 g/mol. The zero-order chi connectivity index (χ0) is 18.1. The predicted octanol–water partition coefficient (Wildman–Crippen LogP) is 3.19. The zero-order valence-electron chi connectivity index (χ0n) is 13.6. The highest BCUT2D eigenvalue weighted by atomic mass is 19.1. The number of hydrogen-bond acceptors (Lipinski definition) is 5. The third-order valence-corrected chi connectivity index (χ3v) is 4.14. The minimum absolute atomic E-state index is 0.0579. The summed E-state index contributed by atoms with van der Waals surface area (Å²) in [5, 5.41) is 6.99. The van der Waals surface area contributed by atoms with Crippen molar-refractivity contribution in [1.82, 2.24) is 15.2 Å². The number of aliphatic imine (C=N–C) groups is 1. The van der Waals surface area contributed by atoms with Crippen molar-refractivity contribution >= 4 is 6.02 Å². The summed E-state index contributed by atoms with van der Waals surface area (Å²) in [5.41, 5.74) is 7.36. The molecule has 2 aromatic carbocycles. The fraction of sp³-hybridized carbons (Fsp3) is 0.167. The molecule has 1 atom stereocenters. The number of aromatic nitrogens is 3. The van der Waals surface area contributed by atoms with Crippen molar-refractivity contribution in [2.24, 2.45) is 10.7 Å². The molecule has 1 aromatic heterocycles. The minimum atomic E-state index is -0.404. The number of benzene rings is 2. The number of hydrogen-bond donors (Lipinski definition) is 2. The van der Waals surface area contributed by atoms with E-state index in [2.05, 4.69) is 20.2 Å². The number of nitrogens with two attached hydrogens (primary N) is 1. The number of amidine groups is 1. The molecule has 0 bridgehead atoms. The molecule has 0 radical (unpaired) electrons. The summed E-state index contributed by atoms with van der Waals surface area (Å²) < 4.78 is 32.4. The van der Waals surface area contributed by atoms with Gasteiger partial charge in [0, 0.05) is 23.1 Å². The highest BCUT2D eigenvalue weighted by molar-refractivity contribution is 5.72. The van der Waals surface area contributed by atoms with Crippen molar-refractivity contribution in [2.75, 3.05) is 6.61 Å². The molecule has 0 spiro atoms. The maximum Gasteiger partial charge on any atom is 0.282 e. The molecule has 6 nitrogen and oxygen atoms in total. The summed E-state index contributed by atoms with van der Waals surface area (Å²) in [6, 6.07) is 10.2. The summed E-state index contributed by atoms with van der Waals surface area (Å²) in [5.74, 6) is 0.216. The average Bonchev–Trinajstić information content (AvgIpc) is 3.13. The van der Waals surface area contributed by atoms with Crippen LogP contribution in [-0.2, 0) is 4.74 Å². The molecule has 4 rings (SSSR count). The third kappa shape index (κ3) is 3.13. The van der Waals surface area contributed by atoms with Crippen molar-refractivity contribution < 1.29 is 13.5 Å². The predicted molar refractivity (Wildman–Crippen MR) is 92.1 cm³/mol. The van der Waals surface area contributed by atoms with Gasteiger partial charge in [-0.2, -0.15) is 5.10 Å². The van der Waals surface area contributed by atoms with E-state index in [0.29, 0.717) is 41.4 Å². The van der Waals surface area contributed by atoms with Gasteiger partial charge in [0.15, 0.2) is 11.6 Å². The molecule has 0 saturated carbocycles. The largest absolute Gasteiger partial charge is 0.465 e. The van der Waals surface area contributed by atoms with Crippen molar-refractivity contribution in [3.63, 3.8) is 0 Å². The van der Waals surface area contributed by atoms with E-state index in [1.807, 2.05) is 0 Å². The Morgan fingerprint density at radius 2 is 1.85 bits per heavy atom. The standard InChI is InChI=1S/C18H15F2N5O/c19-12-4-1-10(2-5-12)16-23-17(25-24-16)11-3-6-14(20)13(9-11)15-7-8-26-18(21)22-15/h1-6,9,15H,7-8H2,(H2,21,22)(H,23,24,25). The van der Waals surface area contributed by atoms with Gasteiger partial charge in [-0.05, 0) is 42.5 Å². The van der Waals surface area contributed by atoms with Crippen molar-refractivity contribution in [3.05, 3.63) is 59.7 Å². The quantitative estimate of drug-likeness (QED) is 0.755. The lowest BCUT2D eigenvalue weighted by Gasteiger charge is -2.20. The number of nitrogens with zero attached hydrogens (tertiary/aromatic N) is 3. The van der Waals surface area contributed by atoms with Crippen molar-refractivity contribution in [1.29, 1.82) is 0 Å². The van der Waals surface area contributed by atoms with Crippen LogP contribution in [0.4, 0.5) is 8.78 Å². The SMILES string of the molecule is NC1=NC(c2cc(-c3n[nH]c(-c4ccc(F)cc4)n3)ccc2F)CCO1. The fourth-order valence-corrected chi connectivity index (χ4v) is 2.82. The van der Waals surface area contributed by atoms with Gasteiger partial charge in [-0.3, -0.25) is 5.10 Å². The Balaban J connectivity index is 1.67. The Morgan fingerprint density at radius 1 is 1.08 bits per heavy atom. The number of aromatic amines is 1. The summed E-state index contributed by atoms with van der Waals surface area (Å²) >= 11 is 0. The van der Waals surface area contributed by atoms with Crippen LogP contribution < -0.4 is 5.73 Å². The number of halogens is 2. The van der Waals surface area contributed by atoms with E-state index in [0.717, 1.165) is 0 Å². The number of ether oxygens (including phenoxy) is 1. The van der Waals surface area contributed by atoms with E-state index in [1.165, 1.54) is 18.2 Å². The highest BCUT2D eigenvalue weighted by Gasteiger charge is 2.21. The first kappa shape index (κ1) is 16.2. The van der Waals surface area contributed by atoms with Crippen molar-refractivity contribution in [3.8, 4) is 22.8 Å². The first-order valence-electron chi connectivity index (χ1n) is 8.04. The number of H-pyrrole nitrogens is 1. The highest BCUT2D eigenvalue weighted by Crippen LogP contribution is 2.30. The second-order valence-corrected chi connectivity index (χ2v) is 5.87. The lowest BCUT2D eigenvalue weighted by atomic mass is 10.0. The van der Waals surface area contributed by atoms with E-state index in [-0.39, 0.29) is 17.7 Å². The Hall–Kier alpha value is -3.29. The van der Waals surface area contributed by atoms with Gasteiger partial charge in [0.2, 0.25) is 0 Å². The fourth-order valence-electron chi connectivity index (χ4n) is 2.82. The zero-order valence-corrected chi connectivity index (χ0v) is 13.6. The van der Waals surface area contributed by atoms with Crippen LogP contribution in [0, 0.1) is 11.6 Å². The van der Waals surface area contributed by atoms with Crippen LogP contribution in [0.25, 0.3) is 22.8 Å². The maximum atomic E-state index is 14.3. The van der Waals surface area contributed by atoms with Gasteiger partial charge in [0.25, 0.3) is 6.02 Å². The Labute approximate surface area is 147 Å². The van der Waals surface area contributed by atoms with E-state index in [4.69, 9.17) is 10.5 Å². The molecule has 1 aliphatic rings. The van der Waals surface area contributed by atoms with Crippen LogP contribution in [-0.4, -0.2) is 27.8 Å². The lowest BCUT2D eigenvalue weighted by Crippen LogP contribution is -2.24. The average molecular weight is 355 g/mol. The smallest absolute Gasteiger partial charge is 0.282 e. The lowest BCUT2D eigenvalue weighted by molar-refractivity contribution is 0.255. The summed E-state index contributed by atoms with van der Waals surface area (Å²) in [6.07, 6.45) is 0.538. The Morgan fingerprint density at radius 3 is 2.62 bits per heavy atom. The van der Waals surface area contributed by atoms with Crippen LogP contribution in [0.5, 0.6) is 0 Å². The molecule has 0 amide bonds. The molecule has 0 fully saturated rings. The van der Waals surface area contributed by atoms with E-state index in [9.17, 15) is 8.78 Å². The molecule has 3 N–H and O–H groups in total. The molecule has 3 aromatic rings.